The zero-order chi connectivity index (χ0) is 15.0. The number of rotatable bonds is 7. The zero-order valence-corrected chi connectivity index (χ0v) is 12.3. The standard InChI is InChI=1S/C15H24N2O3/c1-4-20-14-8-6-5-7-13(14)9-16-15(19)17-12(3)11(2)10-18/h5-8,11-12,18H,4,9-10H2,1-3H3,(H2,16,17,19). The Morgan fingerprint density at radius 2 is 2.05 bits per heavy atom. The number of aliphatic hydroxyl groups excluding tert-OH is 1. The first-order valence-corrected chi connectivity index (χ1v) is 6.94. The summed E-state index contributed by atoms with van der Waals surface area (Å²) < 4.78 is 5.50. The molecule has 0 saturated carbocycles. The molecule has 0 aromatic heterocycles. The highest BCUT2D eigenvalue weighted by molar-refractivity contribution is 5.74. The number of amides is 2. The smallest absolute Gasteiger partial charge is 0.315 e. The molecule has 5 heteroatoms. The van der Waals surface area contributed by atoms with Crippen molar-refractivity contribution < 1.29 is 14.6 Å². The predicted octanol–water partition coefficient (Wildman–Crippen LogP) is 1.90. The minimum Gasteiger partial charge on any atom is -0.494 e. The molecule has 1 aromatic rings. The number of nitrogens with one attached hydrogen (secondary N) is 2. The van der Waals surface area contributed by atoms with Gasteiger partial charge in [0.25, 0.3) is 0 Å². The van der Waals surface area contributed by atoms with Crippen molar-refractivity contribution in [1.29, 1.82) is 0 Å². The lowest BCUT2D eigenvalue weighted by Crippen LogP contribution is -2.44. The van der Waals surface area contributed by atoms with E-state index in [1.54, 1.807) is 0 Å². The minimum absolute atomic E-state index is 0.0245. The molecule has 2 atom stereocenters. The number of benzene rings is 1. The van der Waals surface area contributed by atoms with Crippen LogP contribution in [0.15, 0.2) is 24.3 Å². The molecule has 0 radical (unpaired) electrons. The van der Waals surface area contributed by atoms with Gasteiger partial charge in [0.2, 0.25) is 0 Å². The molecule has 0 saturated heterocycles. The first kappa shape index (κ1) is 16.3. The van der Waals surface area contributed by atoms with Crippen LogP contribution >= 0.6 is 0 Å². The Bertz CT molecular complexity index is 423. The van der Waals surface area contributed by atoms with Crippen LogP contribution in [-0.2, 0) is 6.54 Å². The van der Waals surface area contributed by atoms with Gasteiger partial charge in [-0.1, -0.05) is 25.1 Å². The van der Waals surface area contributed by atoms with E-state index in [0.717, 1.165) is 11.3 Å². The van der Waals surface area contributed by atoms with Gasteiger partial charge in [0.1, 0.15) is 5.75 Å². The maximum atomic E-state index is 11.8. The summed E-state index contributed by atoms with van der Waals surface area (Å²) in [4.78, 5) is 11.8. The Kier molecular flexibility index (Phi) is 6.87. The molecule has 112 valence electrons. The monoisotopic (exact) mass is 280 g/mol. The molecule has 0 fully saturated rings. The average Bonchev–Trinajstić information content (AvgIpc) is 2.45. The molecule has 20 heavy (non-hydrogen) atoms. The Balaban J connectivity index is 2.49. The molecule has 0 bridgehead atoms. The van der Waals surface area contributed by atoms with E-state index >= 15 is 0 Å². The number of hydrogen-bond acceptors (Lipinski definition) is 3. The van der Waals surface area contributed by atoms with Crippen molar-refractivity contribution in [2.24, 2.45) is 5.92 Å². The quantitative estimate of drug-likeness (QED) is 0.714. The van der Waals surface area contributed by atoms with Crippen LogP contribution in [0.4, 0.5) is 4.79 Å². The largest absolute Gasteiger partial charge is 0.494 e. The highest BCUT2D eigenvalue weighted by atomic mass is 16.5. The summed E-state index contributed by atoms with van der Waals surface area (Å²) in [6, 6.07) is 7.29. The molecule has 3 N–H and O–H groups in total. The molecule has 2 unspecified atom stereocenters. The van der Waals surface area contributed by atoms with Crippen LogP contribution in [0.2, 0.25) is 0 Å². The summed E-state index contributed by atoms with van der Waals surface area (Å²) in [5, 5.41) is 14.6. The predicted molar refractivity (Wildman–Crippen MR) is 78.7 cm³/mol. The van der Waals surface area contributed by atoms with Crippen LogP contribution in [0.5, 0.6) is 5.75 Å². The summed E-state index contributed by atoms with van der Waals surface area (Å²) in [5.74, 6) is 0.809. The normalized spacial score (nSPS) is 13.4. The van der Waals surface area contributed by atoms with E-state index in [1.807, 2.05) is 45.0 Å². The third-order valence-corrected chi connectivity index (χ3v) is 3.21. The molecule has 0 spiro atoms. The van der Waals surface area contributed by atoms with Crippen molar-refractivity contribution in [3.8, 4) is 5.75 Å². The van der Waals surface area contributed by atoms with Gasteiger partial charge in [0, 0.05) is 24.8 Å². The van der Waals surface area contributed by atoms with Crippen LogP contribution < -0.4 is 15.4 Å². The number of carbonyl (C=O) groups excluding carboxylic acids is 1. The number of hydrogen-bond donors (Lipinski definition) is 3. The van der Waals surface area contributed by atoms with Gasteiger partial charge in [-0.2, -0.15) is 0 Å². The number of ether oxygens (including phenoxy) is 1. The molecule has 2 amide bonds. The van der Waals surface area contributed by atoms with Crippen molar-refractivity contribution in [2.45, 2.75) is 33.4 Å². The van der Waals surface area contributed by atoms with Gasteiger partial charge in [0.05, 0.1) is 6.61 Å². The van der Waals surface area contributed by atoms with Gasteiger partial charge in [-0.15, -0.1) is 0 Å². The molecular weight excluding hydrogens is 256 g/mol. The van der Waals surface area contributed by atoms with E-state index in [1.165, 1.54) is 0 Å². The highest BCUT2D eigenvalue weighted by Crippen LogP contribution is 2.17. The van der Waals surface area contributed by atoms with Gasteiger partial charge >= 0.3 is 6.03 Å². The lowest BCUT2D eigenvalue weighted by molar-refractivity contribution is 0.200. The second-order valence-electron chi connectivity index (χ2n) is 4.82. The fraction of sp³-hybridized carbons (Fsp3) is 0.533. The lowest BCUT2D eigenvalue weighted by atomic mass is 10.1. The van der Waals surface area contributed by atoms with Crippen molar-refractivity contribution in [3.63, 3.8) is 0 Å². The van der Waals surface area contributed by atoms with Gasteiger partial charge in [0.15, 0.2) is 0 Å². The summed E-state index contributed by atoms with van der Waals surface area (Å²) in [6.07, 6.45) is 0. The van der Waals surface area contributed by atoms with E-state index < -0.39 is 0 Å². The van der Waals surface area contributed by atoms with Crippen molar-refractivity contribution >= 4 is 6.03 Å². The van der Waals surface area contributed by atoms with Crippen molar-refractivity contribution in [3.05, 3.63) is 29.8 Å². The van der Waals surface area contributed by atoms with Crippen LogP contribution in [0, 0.1) is 5.92 Å². The maximum absolute atomic E-state index is 11.8. The second kappa shape index (κ2) is 8.43. The van der Waals surface area contributed by atoms with Gasteiger partial charge < -0.3 is 20.5 Å². The topological polar surface area (TPSA) is 70.6 Å². The molecule has 5 nitrogen and oxygen atoms in total. The summed E-state index contributed by atoms with van der Waals surface area (Å²) in [5.41, 5.74) is 0.937. The summed E-state index contributed by atoms with van der Waals surface area (Å²) in [7, 11) is 0. The third-order valence-electron chi connectivity index (χ3n) is 3.21. The first-order chi connectivity index (χ1) is 9.58. The number of carbonyl (C=O) groups is 1. The van der Waals surface area contributed by atoms with Crippen LogP contribution in [0.3, 0.4) is 0 Å². The van der Waals surface area contributed by atoms with Gasteiger partial charge in [-0.25, -0.2) is 4.79 Å². The summed E-state index contributed by atoms with van der Waals surface area (Å²) in [6.45, 7) is 6.73. The number of aliphatic hydroxyl groups is 1. The molecule has 0 aliphatic carbocycles. The van der Waals surface area contributed by atoms with E-state index in [0.29, 0.717) is 13.2 Å². The molecule has 1 aromatic carbocycles. The molecular formula is C15H24N2O3. The Morgan fingerprint density at radius 1 is 1.35 bits per heavy atom. The molecule has 0 heterocycles. The second-order valence-corrected chi connectivity index (χ2v) is 4.82. The lowest BCUT2D eigenvalue weighted by Gasteiger charge is -2.19. The van der Waals surface area contributed by atoms with E-state index in [4.69, 9.17) is 9.84 Å². The van der Waals surface area contributed by atoms with Crippen LogP contribution in [-0.4, -0.2) is 30.4 Å². The van der Waals surface area contributed by atoms with E-state index in [-0.39, 0.29) is 24.6 Å². The fourth-order valence-corrected chi connectivity index (χ4v) is 1.68. The molecule has 0 aliphatic heterocycles. The number of para-hydroxylation sites is 1. The fourth-order valence-electron chi connectivity index (χ4n) is 1.68. The Labute approximate surface area is 120 Å². The van der Waals surface area contributed by atoms with Crippen molar-refractivity contribution in [2.75, 3.05) is 13.2 Å². The van der Waals surface area contributed by atoms with Gasteiger partial charge in [-0.05, 0) is 25.8 Å². The third kappa shape index (κ3) is 5.09. The van der Waals surface area contributed by atoms with Crippen LogP contribution in [0.25, 0.3) is 0 Å². The maximum Gasteiger partial charge on any atom is 0.315 e. The zero-order valence-electron chi connectivity index (χ0n) is 12.3. The highest BCUT2D eigenvalue weighted by Gasteiger charge is 2.13. The molecule has 1 rings (SSSR count). The number of urea groups is 1. The van der Waals surface area contributed by atoms with E-state index in [2.05, 4.69) is 10.6 Å². The minimum atomic E-state index is -0.246. The van der Waals surface area contributed by atoms with E-state index in [9.17, 15) is 4.79 Å². The van der Waals surface area contributed by atoms with Crippen LogP contribution in [0.1, 0.15) is 26.3 Å². The van der Waals surface area contributed by atoms with Gasteiger partial charge in [-0.3, -0.25) is 0 Å². The Hall–Kier alpha value is -1.75. The first-order valence-electron chi connectivity index (χ1n) is 6.94. The SMILES string of the molecule is CCOc1ccccc1CNC(=O)NC(C)C(C)CO. The Morgan fingerprint density at radius 3 is 2.70 bits per heavy atom. The van der Waals surface area contributed by atoms with Crippen molar-refractivity contribution in [1.82, 2.24) is 10.6 Å². The average molecular weight is 280 g/mol. The summed E-state index contributed by atoms with van der Waals surface area (Å²) >= 11 is 0. The molecule has 0 aliphatic rings.